The summed E-state index contributed by atoms with van der Waals surface area (Å²) >= 11 is 0. The van der Waals surface area contributed by atoms with Crippen molar-refractivity contribution in [2.45, 2.75) is 0 Å². The number of aromatic nitrogens is 4. The molecule has 0 saturated carbocycles. The second-order valence-electron chi connectivity index (χ2n) is 4.82. The van der Waals surface area contributed by atoms with Gasteiger partial charge < -0.3 is 0 Å². The molecule has 0 N–H and O–H groups in total. The Morgan fingerprint density at radius 3 is 1.50 bits per heavy atom. The summed E-state index contributed by atoms with van der Waals surface area (Å²) < 4.78 is 0. The van der Waals surface area contributed by atoms with E-state index in [9.17, 15) is 4.79 Å². The normalized spacial score (nSPS) is 10.9. The Bertz CT molecular complexity index is 932. The third kappa shape index (κ3) is 2.09. The molecule has 4 rings (SSSR count). The summed E-state index contributed by atoms with van der Waals surface area (Å²) in [5.41, 5.74) is 3.41. The maximum absolute atomic E-state index is 12.5. The van der Waals surface area contributed by atoms with E-state index >= 15 is 0 Å². The van der Waals surface area contributed by atoms with Crippen molar-refractivity contribution in [3.8, 4) is 0 Å². The molecule has 4 aromatic rings. The predicted molar refractivity (Wildman–Crippen MR) is 82.5 cm³/mol. The first-order chi connectivity index (χ1) is 10.8. The molecule has 0 atom stereocenters. The van der Waals surface area contributed by atoms with Gasteiger partial charge in [0.25, 0.3) is 0 Å². The van der Waals surface area contributed by atoms with Crippen molar-refractivity contribution in [1.29, 1.82) is 0 Å². The average molecular weight is 286 g/mol. The lowest BCUT2D eigenvalue weighted by Crippen LogP contribution is -2.08. The lowest BCUT2D eigenvalue weighted by atomic mass is 10.2. The van der Waals surface area contributed by atoms with Gasteiger partial charge in [-0.3, -0.25) is 14.8 Å². The average Bonchev–Trinajstić information content (AvgIpc) is 2.60. The maximum Gasteiger partial charge on any atom is 0.232 e. The van der Waals surface area contributed by atoms with Gasteiger partial charge in [-0.05, 0) is 24.3 Å². The SMILES string of the molecule is O=C(c1cnc2ccccc2n1)c1cnc2ccccc2n1. The van der Waals surface area contributed by atoms with Crippen LogP contribution in [0.4, 0.5) is 0 Å². The van der Waals surface area contributed by atoms with Crippen molar-refractivity contribution in [2.24, 2.45) is 0 Å². The highest BCUT2D eigenvalue weighted by molar-refractivity contribution is 6.07. The molecule has 2 heterocycles. The molecule has 2 aromatic heterocycles. The van der Waals surface area contributed by atoms with E-state index in [0.29, 0.717) is 11.0 Å². The Morgan fingerprint density at radius 2 is 1.05 bits per heavy atom. The summed E-state index contributed by atoms with van der Waals surface area (Å²) in [5, 5.41) is 0. The topological polar surface area (TPSA) is 68.6 Å². The first-order valence-electron chi connectivity index (χ1n) is 6.79. The zero-order chi connectivity index (χ0) is 14.9. The summed E-state index contributed by atoms with van der Waals surface area (Å²) in [7, 11) is 0. The van der Waals surface area contributed by atoms with Crippen LogP contribution in [0.3, 0.4) is 0 Å². The third-order valence-corrected chi connectivity index (χ3v) is 3.36. The third-order valence-electron chi connectivity index (χ3n) is 3.36. The minimum Gasteiger partial charge on any atom is -0.285 e. The van der Waals surface area contributed by atoms with E-state index in [4.69, 9.17) is 0 Å². The number of nitrogens with zero attached hydrogens (tertiary/aromatic N) is 4. The van der Waals surface area contributed by atoms with Crippen molar-refractivity contribution in [1.82, 2.24) is 19.9 Å². The molecule has 0 saturated heterocycles. The minimum absolute atomic E-state index is 0.267. The molecule has 0 unspecified atom stereocenters. The fraction of sp³-hybridized carbons (Fsp3) is 0. The fourth-order valence-electron chi connectivity index (χ4n) is 2.26. The smallest absolute Gasteiger partial charge is 0.232 e. The van der Waals surface area contributed by atoms with Gasteiger partial charge in [-0.15, -0.1) is 0 Å². The van der Waals surface area contributed by atoms with Crippen LogP contribution in [-0.2, 0) is 0 Å². The zero-order valence-electron chi connectivity index (χ0n) is 11.5. The summed E-state index contributed by atoms with van der Waals surface area (Å²) in [4.78, 5) is 29.7. The Hall–Kier alpha value is -3.21. The summed E-state index contributed by atoms with van der Waals surface area (Å²) in [6.45, 7) is 0. The maximum atomic E-state index is 12.5. The number of ketones is 1. The molecular formula is C17H10N4O. The number of hydrogen-bond acceptors (Lipinski definition) is 5. The second kappa shape index (κ2) is 4.96. The van der Waals surface area contributed by atoms with E-state index in [0.717, 1.165) is 11.0 Å². The minimum atomic E-state index is -0.281. The highest BCUT2D eigenvalue weighted by atomic mass is 16.1. The fourth-order valence-corrected chi connectivity index (χ4v) is 2.26. The van der Waals surface area contributed by atoms with Crippen molar-refractivity contribution >= 4 is 27.9 Å². The number of fused-ring (bicyclic) bond motifs is 2. The molecule has 0 spiro atoms. The number of carbonyl (C=O) groups excluding carboxylic acids is 1. The van der Waals surface area contributed by atoms with Crippen LogP contribution < -0.4 is 0 Å². The first-order valence-corrected chi connectivity index (χ1v) is 6.79. The molecule has 2 aromatic carbocycles. The Balaban J connectivity index is 1.80. The molecule has 104 valence electrons. The number of carbonyl (C=O) groups is 1. The lowest BCUT2D eigenvalue weighted by Gasteiger charge is -2.02. The second-order valence-corrected chi connectivity index (χ2v) is 4.82. The van der Waals surface area contributed by atoms with Crippen molar-refractivity contribution in [2.75, 3.05) is 0 Å². The molecule has 22 heavy (non-hydrogen) atoms. The van der Waals surface area contributed by atoms with E-state index in [1.807, 2.05) is 48.5 Å². The molecule has 5 nitrogen and oxygen atoms in total. The van der Waals surface area contributed by atoms with Gasteiger partial charge in [0, 0.05) is 0 Å². The van der Waals surface area contributed by atoms with Crippen LogP contribution in [0, 0.1) is 0 Å². The van der Waals surface area contributed by atoms with Gasteiger partial charge in [-0.2, -0.15) is 0 Å². The van der Waals surface area contributed by atoms with Crippen LogP contribution >= 0.6 is 0 Å². The standard InChI is InChI=1S/C17H10N4O/c22-17(15-9-18-11-5-1-3-7-13(11)20-15)16-10-19-12-6-2-4-8-14(12)21-16/h1-10H. The summed E-state index contributed by atoms with van der Waals surface area (Å²) in [5.74, 6) is -0.281. The van der Waals surface area contributed by atoms with Crippen LogP contribution in [0.2, 0.25) is 0 Å². The Labute approximate surface area is 125 Å². The van der Waals surface area contributed by atoms with E-state index < -0.39 is 0 Å². The zero-order valence-corrected chi connectivity index (χ0v) is 11.5. The van der Waals surface area contributed by atoms with Gasteiger partial charge >= 0.3 is 0 Å². The van der Waals surface area contributed by atoms with E-state index in [-0.39, 0.29) is 17.2 Å². The van der Waals surface area contributed by atoms with E-state index in [1.54, 1.807) is 0 Å². The van der Waals surface area contributed by atoms with Gasteiger partial charge in [-0.25, -0.2) is 9.97 Å². The highest BCUT2D eigenvalue weighted by Crippen LogP contribution is 2.13. The molecule has 0 aliphatic carbocycles. The van der Waals surface area contributed by atoms with Gasteiger partial charge in [0.05, 0.1) is 34.5 Å². The highest BCUT2D eigenvalue weighted by Gasteiger charge is 2.14. The lowest BCUT2D eigenvalue weighted by molar-refractivity contribution is 0.103. The van der Waals surface area contributed by atoms with Crippen molar-refractivity contribution in [3.63, 3.8) is 0 Å². The number of rotatable bonds is 2. The number of para-hydroxylation sites is 4. The molecule has 0 aliphatic heterocycles. The molecule has 0 amide bonds. The van der Waals surface area contributed by atoms with Crippen LogP contribution in [0.1, 0.15) is 16.2 Å². The van der Waals surface area contributed by atoms with Crippen LogP contribution in [0.5, 0.6) is 0 Å². The monoisotopic (exact) mass is 286 g/mol. The van der Waals surface area contributed by atoms with Crippen LogP contribution in [0.15, 0.2) is 60.9 Å². The van der Waals surface area contributed by atoms with Gasteiger partial charge in [0.1, 0.15) is 11.4 Å². The Kier molecular flexibility index (Phi) is 2.83. The molecule has 0 bridgehead atoms. The summed E-state index contributed by atoms with van der Waals surface area (Å²) in [6.07, 6.45) is 2.95. The quantitative estimate of drug-likeness (QED) is 0.530. The Morgan fingerprint density at radius 1 is 0.636 bits per heavy atom. The van der Waals surface area contributed by atoms with Crippen molar-refractivity contribution in [3.05, 3.63) is 72.3 Å². The number of hydrogen-bond donors (Lipinski definition) is 0. The molecule has 0 fully saturated rings. The molecule has 5 heteroatoms. The summed E-state index contributed by atoms with van der Waals surface area (Å²) in [6, 6.07) is 14.8. The first kappa shape index (κ1) is 12.5. The van der Waals surface area contributed by atoms with Crippen molar-refractivity contribution < 1.29 is 4.79 Å². The molecule has 0 radical (unpaired) electrons. The largest absolute Gasteiger partial charge is 0.285 e. The van der Waals surface area contributed by atoms with Crippen LogP contribution in [0.25, 0.3) is 22.1 Å². The predicted octanol–water partition coefficient (Wildman–Crippen LogP) is 2.80. The van der Waals surface area contributed by atoms with Gasteiger partial charge in [0.2, 0.25) is 5.78 Å². The van der Waals surface area contributed by atoms with E-state index in [1.165, 1.54) is 12.4 Å². The number of benzene rings is 2. The van der Waals surface area contributed by atoms with Gasteiger partial charge in [-0.1, -0.05) is 24.3 Å². The molecular weight excluding hydrogens is 276 g/mol. The van der Waals surface area contributed by atoms with E-state index in [2.05, 4.69) is 19.9 Å². The van der Waals surface area contributed by atoms with Gasteiger partial charge in [0.15, 0.2) is 0 Å². The molecule has 0 aliphatic rings. The van der Waals surface area contributed by atoms with Crippen LogP contribution in [-0.4, -0.2) is 25.7 Å².